The number of rotatable bonds is 6. The minimum absolute atomic E-state index is 0.190. The topological polar surface area (TPSA) is 51.2 Å². The van der Waals surface area contributed by atoms with E-state index in [1.807, 2.05) is 25.3 Å². The molecule has 4 nitrogen and oxygen atoms in total. The number of aryl methyl sites for hydroxylation is 1. The second kappa shape index (κ2) is 7.28. The van der Waals surface area contributed by atoms with E-state index in [1.165, 1.54) is 7.11 Å². The molecule has 5 heteroatoms. The number of nitrogens with one attached hydrogen (secondary N) is 1. The molecule has 0 saturated carbocycles. The van der Waals surface area contributed by atoms with Crippen LogP contribution < -0.4 is 5.32 Å². The quantitative estimate of drug-likeness (QED) is 0.636. The van der Waals surface area contributed by atoms with Crippen LogP contribution in [0.15, 0.2) is 17.0 Å². The molecule has 0 amide bonds. The van der Waals surface area contributed by atoms with Crippen molar-refractivity contribution < 1.29 is 9.53 Å². The third-order valence-electron chi connectivity index (χ3n) is 2.61. The molecule has 100 valence electrons. The maximum absolute atomic E-state index is 11.4. The van der Waals surface area contributed by atoms with E-state index in [-0.39, 0.29) is 12.0 Å². The first kappa shape index (κ1) is 14.9. The lowest BCUT2D eigenvalue weighted by Crippen LogP contribution is -2.19. The zero-order chi connectivity index (χ0) is 13.5. The predicted octanol–water partition coefficient (Wildman–Crippen LogP) is 2.61. The van der Waals surface area contributed by atoms with Crippen LogP contribution >= 0.6 is 11.3 Å². The summed E-state index contributed by atoms with van der Waals surface area (Å²) in [7, 11) is 1.40. The molecule has 1 atom stereocenters. The van der Waals surface area contributed by atoms with E-state index in [4.69, 9.17) is 4.74 Å². The summed E-state index contributed by atoms with van der Waals surface area (Å²) >= 11 is 1.65. The Bertz CT molecular complexity index is 426. The van der Waals surface area contributed by atoms with Gasteiger partial charge in [-0.05, 0) is 20.3 Å². The molecule has 0 bridgehead atoms. The highest BCUT2D eigenvalue weighted by Gasteiger charge is 2.09. The number of nitrogens with zero attached hydrogens (tertiary/aromatic N) is 1. The smallest absolute Gasteiger partial charge is 0.333 e. The molecular weight excluding hydrogens is 248 g/mol. The van der Waals surface area contributed by atoms with Crippen molar-refractivity contribution in [3.8, 4) is 0 Å². The third kappa shape index (κ3) is 4.23. The van der Waals surface area contributed by atoms with Gasteiger partial charge in [-0.2, -0.15) is 0 Å². The van der Waals surface area contributed by atoms with Gasteiger partial charge in [0.1, 0.15) is 5.01 Å². The first-order valence-corrected chi connectivity index (χ1v) is 6.89. The molecular formula is C13H20N2O2S. The van der Waals surface area contributed by atoms with Gasteiger partial charge < -0.3 is 10.1 Å². The lowest BCUT2D eigenvalue weighted by atomic mass is 10.2. The maximum atomic E-state index is 11.4. The van der Waals surface area contributed by atoms with Crippen molar-refractivity contribution in [2.24, 2.45) is 0 Å². The summed E-state index contributed by atoms with van der Waals surface area (Å²) < 4.78 is 4.70. The van der Waals surface area contributed by atoms with Gasteiger partial charge in [-0.15, -0.1) is 11.3 Å². The lowest BCUT2D eigenvalue weighted by molar-refractivity contribution is -0.136. The van der Waals surface area contributed by atoms with Crippen LogP contribution in [0.3, 0.4) is 0 Å². The van der Waals surface area contributed by atoms with E-state index in [0.717, 1.165) is 10.7 Å². The van der Waals surface area contributed by atoms with Crippen molar-refractivity contribution in [1.82, 2.24) is 10.3 Å². The summed E-state index contributed by atoms with van der Waals surface area (Å²) in [5.41, 5.74) is 1.75. The summed E-state index contributed by atoms with van der Waals surface area (Å²) in [4.78, 5) is 15.8. The third-order valence-corrected chi connectivity index (χ3v) is 3.75. The number of ether oxygens (including phenoxy) is 1. The molecule has 0 fully saturated rings. The van der Waals surface area contributed by atoms with Crippen LogP contribution in [0.25, 0.3) is 0 Å². The fourth-order valence-corrected chi connectivity index (χ4v) is 2.35. The summed E-state index contributed by atoms with van der Waals surface area (Å²) in [5, 5.41) is 6.42. The lowest BCUT2D eigenvalue weighted by Gasteiger charge is -2.09. The van der Waals surface area contributed by atoms with Gasteiger partial charge in [-0.25, -0.2) is 9.78 Å². The number of methoxy groups -OCH3 is 1. The number of hydrogen-bond acceptors (Lipinski definition) is 5. The van der Waals surface area contributed by atoms with E-state index in [1.54, 1.807) is 11.3 Å². The highest BCUT2D eigenvalue weighted by Crippen LogP contribution is 2.17. The number of carbonyl (C=O) groups excluding carboxylic acids is 1. The minimum Gasteiger partial charge on any atom is -0.466 e. The Balaban J connectivity index is 2.50. The Kier molecular flexibility index (Phi) is 6.01. The van der Waals surface area contributed by atoms with Gasteiger partial charge in [-0.3, -0.25) is 0 Å². The Morgan fingerprint density at radius 1 is 1.67 bits per heavy atom. The van der Waals surface area contributed by atoms with Crippen LogP contribution in [0.2, 0.25) is 0 Å². The Morgan fingerprint density at radius 2 is 2.39 bits per heavy atom. The molecule has 0 spiro atoms. The average molecular weight is 268 g/mol. The fraction of sp³-hybridized carbons (Fsp3) is 0.538. The molecule has 18 heavy (non-hydrogen) atoms. The van der Waals surface area contributed by atoms with Gasteiger partial charge >= 0.3 is 5.97 Å². The molecule has 0 aliphatic rings. The highest BCUT2D eigenvalue weighted by atomic mass is 32.1. The van der Waals surface area contributed by atoms with Gasteiger partial charge in [0.2, 0.25) is 0 Å². The summed E-state index contributed by atoms with van der Waals surface area (Å²) in [6.07, 6.45) is 2.56. The van der Waals surface area contributed by atoms with E-state index in [9.17, 15) is 4.79 Å². The van der Waals surface area contributed by atoms with Crippen LogP contribution in [0.4, 0.5) is 0 Å². The predicted molar refractivity (Wildman–Crippen MR) is 73.7 cm³/mol. The van der Waals surface area contributed by atoms with E-state index in [0.29, 0.717) is 18.5 Å². The number of hydrogen-bond donors (Lipinski definition) is 1. The van der Waals surface area contributed by atoms with Crippen molar-refractivity contribution in [1.29, 1.82) is 0 Å². The van der Waals surface area contributed by atoms with Crippen molar-refractivity contribution in [2.45, 2.75) is 33.2 Å². The summed E-state index contributed by atoms with van der Waals surface area (Å²) in [6, 6.07) is 0.190. The van der Waals surface area contributed by atoms with Gasteiger partial charge in [0.25, 0.3) is 0 Å². The molecule has 1 aromatic heterocycles. The zero-order valence-corrected chi connectivity index (χ0v) is 12.1. The van der Waals surface area contributed by atoms with E-state index < -0.39 is 0 Å². The van der Waals surface area contributed by atoms with Crippen molar-refractivity contribution >= 4 is 17.3 Å². The zero-order valence-electron chi connectivity index (χ0n) is 11.3. The Morgan fingerprint density at radius 3 is 2.89 bits per heavy atom. The molecule has 0 aliphatic heterocycles. The molecule has 0 aromatic carbocycles. The van der Waals surface area contributed by atoms with Gasteiger partial charge in [0.15, 0.2) is 0 Å². The van der Waals surface area contributed by atoms with Gasteiger partial charge in [0.05, 0.1) is 13.2 Å². The first-order chi connectivity index (χ1) is 8.58. The number of thiazole rings is 1. The molecule has 1 aromatic rings. The maximum Gasteiger partial charge on any atom is 0.333 e. The van der Waals surface area contributed by atoms with Crippen LogP contribution in [0.1, 0.15) is 37.0 Å². The minimum atomic E-state index is -0.253. The van der Waals surface area contributed by atoms with Crippen molar-refractivity contribution in [3.05, 3.63) is 27.7 Å². The summed E-state index contributed by atoms with van der Waals surface area (Å²) in [6.45, 7) is 6.63. The van der Waals surface area contributed by atoms with Crippen LogP contribution in [0.5, 0.6) is 0 Å². The van der Waals surface area contributed by atoms with Crippen molar-refractivity contribution in [2.75, 3.05) is 13.7 Å². The monoisotopic (exact) mass is 268 g/mol. The van der Waals surface area contributed by atoms with E-state index >= 15 is 0 Å². The normalized spacial score (nSPS) is 13.4. The summed E-state index contributed by atoms with van der Waals surface area (Å²) in [5.74, 6) is -0.253. The largest absolute Gasteiger partial charge is 0.466 e. The number of aromatic nitrogens is 1. The SMILES string of the molecule is CCC(=CCNC(C)c1nc(C)cs1)C(=O)OC. The highest BCUT2D eigenvalue weighted by molar-refractivity contribution is 7.09. The van der Waals surface area contributed by atoms with Crippen LogP contribution in [-0.4, -0.2) is 24.6 Å². The van der Waals surface area contributed by atoms with Gasteiger partial charge in [-0.1, -0.05) is 13.0 Å². The number of carbonyl (C=O) groups is 1. The first-order valence-electron chi connectivity index (χ1n) is 6.01. The second-order valence-electron chi connectivity index (χ2n) is 4.03. The molecule has 1 heterocycles. The Labute approximate surface area is 112 Å². The molecule has 1 rings (SSSR count). The molecule has 0 saturated heterocycles. The van der Waals surface area contributed by atoms with Crippen molar-refractivity contribution in [3.63, 3.8) is 0 Å². The van der Waals surface area contributed by atoms with E-state index in [2.05, 4.69) is 17.2 Å². The standard InChI is InChI=1S/C13H20N2O2S/c1-5-11(13(16)17-4)6-7-14-10(3)12-15-9(2)8-18-12/h6,8,10,14H,5,7H2,1-4H3. The molecule has 1 unspecified atom stereocenters. The van der Waals surface area contributed by atoms with Gasteiger partial charge in [0, 0.05) is 23.2 Å². The second-order valence-corrected chi connectivity index (χ2v) is 4.92. The Hall–Kier alpha value is -1.20. The molecule has 0 radical (unpaired) electrons. The average Bonchev–Trinajstić information content (AvgIpc) is 2.80. The van der Waals surface area contributed by atoms with Crippen LogP contribution in [0, 0.1) is 6.92 Å². The molecule has 0 aliphatic carbocycles. The number of esters is 1. The fourth-order valence-electron chi connectivity index (χ4n) is 1.52. The van der Waals surface area contributed by atoms with Crippen LogP contribution in [-0.2, 0) is 9.53 Å². The molecule has 1 N–H and O–H groups in total.